The van der Waals surface area contributed by atoms with E-state index in [1.807, 2.05) is 32.0 Å². The quantitative estimate of drug-likeness (QED) is 0.816. The van der Waals surface area contributed by atoms with Gasteiger partial charge in [0.15, 0.2) is 17.6 Å². The highest BCUT2D eigenvalue weighted by atomic mass is 16.5. The highest BCUT2D eigenvalue weighted by Gasteiger charge is 2.25. The van der Waals surface area contributed by atoms with E-state index in [1.54, 1.807) is 32.4 Å². The number of para-hydroxylation sites is 1. The van der Waals surface area contributed by atoms with E-state index in [4.69, 9.17) is 14.2 Å². The zero-order chi connectivity index (χ0) is 17.7. The van der Waals surface area contributed by atoms with Gasteiger partial charge >= 0.3 is 0 Å². The molecule has 0 bridgehead atoms. The molecule has 0 aromatic heterocycles. The fourth-order valence-corrected chi connectivity index (χ4v) is 2.53. The summed E-state index contributed by atoms with van der Waals surface area (Å²) in [5.41, 5.74) is 2.45. The van der Waals surface area contributed by atoms with Gasteiger partial charge in [0.25, 0.3) is 0 Å². The van der Waals surface area contributed by atoms with Crippen molar-refractivity contribution >= 4 is 0 Å². The summed E-state index contributed by atoms with van der Waals surface area (Å²) in [6.45, 7) is 3.47. The molecule has 0 amide bonds. The van der Waals surface area contributed by atoms with Crippen LogP contribution in [-0.2, 0) is 0 Å². The van der Waals surface area contributed by atoms with Crippen molar-refractivity contribution in [2.24, 2.45) is 0 Å². The highest BCUT2D eigenvalue weighted by molar-refractivity contribution is 5.46. The molecule has 0 spiro atoms. The van der Waals surface area contributed by atoms with Gasteiger partial charge in [-0.15, -0.1) is 0 Å². The summed E-state index contributed by atoms with van der Waals surface area (Å²) >= 11 is 0. The number of ether oxygens (including phenoxy) is 3. The van der Waals surface area contributed by atoms with E-state index in [1.165, 1.54) is 0 Å². The Labute approximate surface area is 142 Å². The number of benzene rings is 2. The second kappa shape index (κ2) is 8.04. The first-order chi connectivity index (χ1) is 11.5. The Balaban J connectivity index is 2.28. The van der Waals surface area contributed by atoms with E-state index in [0.29, 0.717) is 22.8 Å². The Kier molecular flexibility index (Phi) is 6.06. The molecule has 5 heteroatoms. The smallest absolute Gasteiger partial charge is 0.164 e. The van der Waals surface area contributed by atoms with Crippen LogP contribution in [0.4, 0.5) is 0 Å². The van der Waals surface area contributed by atoms with Gasteiger partial charge in [0, 0.05) is 0 Å². The summed E-state index contributed by atoms with van der Waals surface area (Å²) in [5, 5.41) is 20.3. The van der Waals surface area contributed by atoms with Gasteiger partial charge in [-0.25, -0.2) is 0 Å². The van der Waals surface area contributed by atoms with Crippen LogP contribution in [-0.4, -0.2) is 37.1 Å². The second-order valence-corrected chi connectivity index (χ2v) is 5.62. The minimum Gasteiger partial charge on any atom is -0.496 e. The molecule has 2 aromatic carbocycles. The molecule has 2 aromatic rings. The number of hydrogen-bond acceptors (Lipinski definition) is 5. The third kappa shape index (κ3) is 3.80. The van der Waals surface area contributed by atoms with Crippen LogP contribution in [0.2, 0.25) is 0 Å². The van der Waals surface area contributed by atoms with E-state index in [9.17, 15) is 10.2 Å². The van der Waals surface area contributed by atoms with E-state index < -0.39 is 12.2 Å². The zero-order valence-corrected chi connectivity index (χ0v) is 14.4. The summed E-state index contributed by atoms with van der Waals surface area (Å²) < 4.78 is 16.5. The van der Waals surface area contributed by atoms with E-state index in [-0.39, 0.29) is 6.61 Å². The van der Waals surface area contributed by atoms with Crippen molar-refractivity contribution in [3.05, 3.63) is 53.1 Å². The third-order valence-electron chi connectivity index (χ3n) is 3.97. The number of hydrogen-bond donors (Lipinski definition) is 2. The number of aryl methyl sites for hydroxylation is 2. The van der Waals surface area contributed by atoms with Crippen LogP contribution in [0.5, 0.6) is 17.2 Å². The van der Waals surface area contributed by atoms with Crippen molar-refractivity contribution in [1.29, 1.82) is 0 Å². The zero-order valence-electron chi connectivity index (χ0n) is 14.4. The molecule has 2 N–H and O–H groups in total. The fourth-order valence-electron chi connectivity index (χ4n) is 2.53. The van der Waals surface area contributed by atoms with Crippen molar-refractivity contribution in [1.82, 2.24) is 0 Å². The van der Waals surface area contributed by atoms with E-state index >= 15 is 0 Å². The lowest BCUT2D eigenvalue weighted by Crippen LogP contribution is -2.29. The van der Waals surface area contributed by atoms with Gasteiger partial charge < -0.3 is 24.4 Å². The molecule has 2 unspecified atom stereocenters. The van der Waals surface area contributed by atoms with E-state index in [2.05, 4.69) is 0 Å². The van der Waals surface area contributed by atoms with Gasteiger partial charge in [-0.3, -0.25) is 0 Å². The average Bonchev–Trinajstić information content (AvgIpc) is 2.60. The summed E-state index contributed by atoms with van der Waals surface area (Å²) in [5.74, 6) is 1.75. The molecule has 0 fully saturated rings. The van der Waals surface area contributed by atoms with Crippen LogP contribution in [0.3, 0.4) is 0 Å². The van der Waals surface area contributed by atoms with Gasteiger partial charge in [0.05, 0.1) is 20.8 Å². The third-order valence-corrected chi connectivity index (χ3v) is 3.97. The Hall–Kier alpha value is -2.24. The molecule has 0 aliphatic heterocycles. The fraction of sp³-hybridized carbons (Fsp3) is 0.368. The van der Waals surface area contributed by atoms with Crippen molar-refractivity contribution in [2.75, 3.05) is 20.8 Å². The number of aliphatic hydroxyl groups excluding tert-OH is 2. The Morgan fingerprint density at radius 1 is 0.958 bits per heavy atom. The lowest BCUT2D eigenvalue weighted by molar-refractivity contribution is -0.000843. The average molecular weight is 332 g/mol. The molecule has 5 nitrogen and oxygen atoms in total. The van der Waals surface area contributed by atoms with Crippen LogP contribution >= 0.6 is 0 Å². The van der Waals surface area contributed by atoms with Gasteiger partial charge in [0.1, 0.15) is 11.9 Å². The minimum absolute atomic E-state index is 0.338. The maximum atomic E-state index is 10.6. The molecular formula is C19H24O5. The predicted octanol–water partition coefficient (Wildman–Crippen LogP) is 2.79. The molecular weight excluding hydrogens is 308 g/mol. The maximum Gasteiger partial charge on any atom is 0.164 e. The minimum atomic E-state index is -1.01. The topological polar surface area (TPSA) is 68.2 Å². The standard InChI is InChI=1S/C19H24O5/c1-12-8-9-14(10-16(12)23-4)18(21)17(11-20)24-19-13(2)6-5-7-15(19)22-3/h5-10,17-18,20-21H,11H2,1-4H3. The van der Waals surface area contributed by atoms with Gasteiger partial charge in [-0.2, -0.15) is 0 Å². The molecule has 0 saturated heterocycles. The summed E-state index contributed by atoms with van der Waals surface area (Å²) in [7, 11) is 3.13. The van der Waals surface area contributed by atoms with Crippen LogP contribution < -0.4 is 14.2 Å². The molecule has 0 radical (unpaired) electrons. The first-order valence-corrected chi connectivity index (χ1v) is 7.75. The Morgan fingerprint density at radius 3 is 2.29 bits per heavy atom. The SMILES string of the molecule is COc1cc(C(O)C(CO)Oc2c(C)cccc2OC)ccc1C. The molecule has 24 heavy (non-hydrogen) atoms. The summed E-state index contributed by atoms with van der Waals surface area (Å²) in [4.78, 5) is 0. The van der Waals surface area contributed by atoms with Gasteiger partial charge in [-0.05, 0) is 42.7 Å². The first-order valence-electron chi connectivity index (χ1n) is 7.75. The summed E-state index contributed by atoms with van der Waals surface area (Å²) in [6, 6.07) is 10.9. The lowest BCUT2D eigenvalue weighted by Gasteiger charge is -2.25. The van der Waals surface area contributed by atoms with Crippen molar-refractivity contribution in [3.63, 3.8) is 0 Å². The monoisotopic (exact) mass is 332 g/mol. The molecule has 0 heterocycles. The highest BCUT2D eigenvalue weighted by Crippen LogP contribution is 2.34. The molecule has 0 aliphatic rings. The van der Waals surface area contributed by atoms with E-state index in [0.717, 1.165) is 11.1 Å². The second-order valence-electron chi connectivity index (χ2n) is 5.62. The largest absolute Gasteiger partial charge is 0.496 e. The van der Waals surface area contributed by atoms with Crippen LogP contribution in [0.25, 0.3) is 0 Å². The van der Waals surface area contributed by atoms with Crippen molar-refractivity contribution < 1.29 is 24.4 Å². The lowest BCUT2D eigenvalue weighted by atomic mass is 10.0. The number of rotatable bonds is 7. The molecule has 0 aliphatic carbocycles. The molecule has 0 saturated carbocycles. The maximum absolute atomic E-state index is 10.6. The summed E-state index contributed by atoms with van der Waals surface area (Å²) in [6.07, 6.45) is -1.83. The van der Waals surface area contributed by atoms with Gasteiger partial charge in [-0.1, -0.05) is 24.3 Å². The Bertz CT molecular complexity index is 683. The number of aliphatic hydroxyl groups is 2. The normalized spacial score (nSPS) is 13.2. The van der Waals surface area contributed by atoms with Crippen molar-refractivity contribution in [2.45, 2.75) is 26.1 Å². The van der Waals surface area contributed by atoms with Crippen LogP contribution in [0.1, 0.15) is 22.8 Å². The van der Waals surface area contributed by atoms with Gasteiger partial charge in [0.2, 0.25) is 0 Å². The predicted molar refractivity (Wildman–Crippen MR) is 91.9 cm³/mol. The van der Waals surface area contributed by atoms with Crippen LogP contribution in [0.15, 0.2) is 36.4 Å². The first kappa shape index (κ1) is 18.1. The Morgan fingerprint density at radius 2 is 1.67 bits per heavy atom. The molecule has 2 atom stereocenters. The number of methoxy groups -OCH3 is 2. The molecule has 2 rings (SSSR count). The molecule has 130 valence electrons. The van der Waals surface area contributed by atoms with Crippen molar-refractivity contribution in [3.8, 4) is 17.2 Å². The van der Waals surface area contributed by atoms with Crippen LogP contribution in [0, 0.1) is 13.8 Å².